The number of fused-ring (bicyclic) bond motifs is 1. The molecule has 136 valence electrons. The lowest BCUT2D eigenvalue weighted by Crippen LogP contribution is -2.36. The number of carbonyl (C=O) groups excluding carboxylic acids is 1. The Hall–Kier alpha value is -2.62. The van der Waals surface area contributed by atoms with Crippen molar-refractivity contribution in [3.63, 3.8) is 0 Å². The third-order valence-corrected chi connectivity index (χ3v) is 5.10. The number of imidazole rings is 1. The summed E-state index contributed by atoms with van der Waals surface area (Å²) in [4.78, 5) is 17.3. The van der Waals surface area contributed by atoms with Crippen LogP contribution in [0.15, 0.2) is 54.9 Å². The minimum atomic E-state index is -0.0348. The molecule has 0 aliphatic heterocycles. The van der Waals surface area contributed by atoms with E-state index in [9.17, 15) is 4.79 Å². The number of carbonyl (C=O) groups is 1. The van der Waals surface area contributed by atoms with Crippen LogP contribution >= 0.6 is 0 Å². The number of nitrogens with zero attached hydrogens (tertiary/aromatic N) is 2. The highest BCUT2D eigenvalue weighted by Crippen LogP contribution is 2.29. The number of nitrogens with one attached hydrogen (secondary N) is 1. The fourth-order valence-electron chi connectivity index (χ4n) is 3.17. The molecule has 0 radical (unpaired) electrons. The Morgan fingerprint density at radius 2 is 1.85 bits per heavy atom. The van der Waals surface area contributed by atoms with Crippen LogP contribution in [0.25, 0.3) is 5.65 Å². The smallest absolute Gasteiger partial charge is 0.221 e. The summed E-state index contributed by atoms with van der Waals surface area (Å²) in [6, 6.07) is 14.4. The topological polar surface area (TPSA) is 46.4 Å². The molecule has 26 heavy (non-hydrogen) atoms. The Morgan fingerprint density at radius 3 is 2.54 bits per heavy atom. The predicted molar refractivity (Wildman–Crippen MR) is 105 cm³/mol. The molecule has 0 unspecified atom stereocenters. The molecule has 1 N–H and O–H groups in total. The third-order valence-electron chi connectivity index (χ3n) is 5.10. The van der Waals surface area contributed by atoms with E-state index in [1.54, 1.807) is 0 Å². The quantitative estimate of drug-likeness (QED) is 0.720. The molecule has 0 fully saturated rings. The van der Waals surface area contributed by atoms with Gasteiger partial charge in [0.2, 0.25) is 5.91 Å². The van der Waals surface area contributed by atoms with E-state index in [-0.39, 0.29) is 17.9 Å². The zero-order valence-electron chi connectivity index (χ0n) is 15.9. The number of aromatic nitrogens is 2. The summed E-state index contributed by atoms with van der Waals surface area (Å²) in [5.74, 6) is 0.447. The molecule has 4 heteroatoms. The van der Waals surface area contributed by atoms with Gasteiger partial charge >= 0.3 is 0 Å². The SMILES string of the molecule is Cc1cccn2c([C@H](CC(=O)N[C@H](C)C(C)C)c3ccccc3)cnc12. The molecule has 0 saturated heterocycles. The van der Waals surface area contributed by atoms with Crippen molar-refractivity contribution in [3.8, 4) is 0 Å². The monoisotopic (exact) mass is 349 g/mol. The summed E-state index contributed by atoms with van der Waals surface area (Å²) in [6.07, 6.45) is 4.33. The maximum atomic E-state index is 12.7. The molecular formula is C22H27N3O. The zero-order chi connectivity index (χ0) is 18.7. The molecular weight excluding hydrogens is 322 g/mol. The Kier molecular flexibility index (Phi) is 5.40. The second-order valence-corrected chi connectivity index (χ2v) is 7.34. The van der Waals surface area contributed by atoms with Crippen molar-refractivity contribution in [2.45, 2.75) is 46.1 Å². The molecule has 0 saturated carbocycles. The van der Waals surface area contributed by atoms with Crippen LogP contribution in [0.1, 0.15) is 49.9 Å². The summed E-state index contributed by atoms with van der Waals surface area (Å²) >= 11 is 0. The number of rotatable bonds is 6. The second kappa shape index (κ2) is 7.73. The van der Waals surface area contributed by atoms with Crippen LogP contribution in [0.3, 0.4) is 0 Å². The van der Waals surface area contributed by atoms with Crippen molar-refractivity contribution in [1.29, 1.82) is 0 Å². The summed E-state index contributed by atoms with van der Waals surface area (Å²) in [6.45, 7) is 8.35. The van der Waals surface area contributed by atoms with Gasteiger partial charge in [-0.1, -0.05) is 50.2 Å². The first-order valence-electron chi connectivity index (χ1n) is 9.24. The Morgan fingerprint density at radius 1 is 1.12 bits per heavy atom. The van der Waals surface area contributed by atoms with Crippen LogP contribution in [0.2, 0.25) is 0 Å². The average Bonchev–Trinajstić information content (AvgIpc) is 3.05. The molecule has 2 atom stereocenters. The highest BCUT2D eigenvalue weighted by molar-refractivity contribution is 5.77. The number of aryl methyl sites for hydroxylation is 1. The highest BCUT2D eigenvalue weighted by Gasteiger charge is 2.23. The number of hydrogen-bond donors (Lipinski definition) is 1. The van der Waals surface area contributed by atoms with Gasteiger partial charge in [-0.25, -0.2) is 4.98 Å². The van der Waals surface area contributed by atoms with E-state index >= 15 is 0 Å². The molecule has 2 heterocycles. The maximum absolute atomic E-state index is 12.7. The molecule has 0 bridgehead atoms. The van der Waals surface area contributed by atoms with Crippen molar-refractivity contribution in [3.05, 3.63) is 71.7 Å². The number of benzene rings is 1. The minimum Gasteiger partial charge on any atom is -0.353 e. The first-order valence-corrected chi connectivity index (χ1v) is 9.24. The van der Waals surface area contributed by atoms with Crippen LogP contribution < -0.4 is 5.32 Å². The van der Waals surface area contributed by atoms with Gasteiger partial charge in [0.15, 0.2) is 0 Å². The van der Waals surface area contributed by atoms with E-state index in [2.05, 4.69) is 60.6 Å². The molecule has 1 amide bonds. The standard InChI is InChI=1S/C22H27N3O/c1-15(2)17(4)24-21(26)13-19(18-10-6-5-7-11-18)20-14-23-22-16(3)9-8-12-25(20)22/h5-12,14-15,17,19H,13H2,1-4H3,(H,24,26)/t17-,19-/m1/s1. The number of pyridine rings is 1. The molecule has 0 aliphatic rings. The fraction of sp³-hybridized carbons (Fsp3) is 0.364. The van der Waals surface area contributed by atoms with Crippen LogP contribution in [0, 0.1) is 12.8 Å². The molecule has 0 aliphatic carbocycles. The first-order chi connectivity index (χ1) is 12.5. The molecule has 2 aromatic heterocycles. The Labute approximate surface area is 155 Å². The van der Waals surface area contributed by atoms with Crippen molar-refractivity contribution < 1.29 is 4.79 Å². The van der Waals surface area contributed by atoms with E-state index in [0.29, 0.717) is 12.3 Å². The highest BCUT2D eigenvalue weighted by atomic mass is 16.1. The van der Waals surface area contributed by atoms with Crippen LogP contribution in [-0.2, 0) is 4.79 Å². The van der Waals surface area contributed by atoms with Crippen LogP contribution in [0.5, 0.6) is 0 Å². The number of amides is 1. The van der Waals surface area contributed by atoms with E-state index in [0.717, 1.165) is 22.5 Å². The van der Waals surface area contributed by atoms with E-state index in [1.807, 2.05) is 36.7 Å². The summed E-state index contributed by atoms with van der Waals surface area (Å²) in [7, 11) is 0. The molecule has 3 aromatic rings. The van der Waals surface area contributed by atoms with Gasteiger partial charge in [0.05, 0.1) is 5.69 Å². The van der Waals surface area contributed by atoms with Crippen LogP contribution in [0.4, 0.5) is 0 Å². The van der Waals surface area contributed by atoms with E-state index in [4.69, 9.17) is 0 Å². The first kappa shape index (κ1) is 18.2. The summed E-state index contributed by atoms with van der Waals surface area (Å²) < 4.78 is 2.10. The summed E-state index contributed by atoms with van der Waals surface area (Å²) in [5, 5.41) is 3.13. The van der Waals surface area contributed by atoms with Gasteiger partial charge in [0.25, 0.3) is 0 Å². The van der Waals surface area contributed by atoms with Gasteiger partial charge in [-0.2, -0.15) is 0 Å². The maximum Gasteiger partial charge on any atom is 0.221 e. The second-order valence-electron chi connectivity index (χ2n) is 7.34. The lowest BCUT2D eigenvalue weighted by molar-refractivity contribution is -0.122. The van der Waals surface area contributed by atoms with Gasteiger partial charge in [0, 0.05) is 30.8 Å². The van der Waals surface area contributed by atoms with Gasteiger partial charge in [0.1, 0.15) is 5.65 Å². The van der Waals surface area contributed by atoms with Gasteiger partial charge in [-0.05, 0) is 37.0 Å². The summed E-state index contributed by atoms with van der Waals surface area (Å²) in [5.41, 5.74) is 4.24. The van der Waals surface area contributed by atoms with Gasteiger partial charge in [-0.3, -0.25) is 4.79 Å². The molecule has 0 spiro atoms. The lowest BCUT2D eigenvalue weighted by Gasteiger charge is -2.21. The van der Waals surface area contributed by atoms with Crippen molar-refractivity contribution in [2.75, 3.05) is 0 Å². The van der Waals surface area contributed by atoms with Gasteiger partial charge < -0.3 is 9.72 Å². The van der Waals surface area contributed by atoms with Crippen molar-refractivity contribution in [1.82, 2.24) is 14.7 Å². The zero-order valence-corrected chi connectivity index (χ0v) is 15.9. The average molecular weight is 349 g/mol. The lowest BCUT2D eigenvalue weighted by atomic mass is 9.92. The van der Waals surface area contributed by atoms with Gasteiger partial charge in [-0.15, -0.1) is 0 Å². The largest absolute Gasteiger partial charge is 0.353 e. The molecule has 4 nitrogen and oxygen atoms in total. The Bertz CT molecular complexity index is 883. The minimum absolute atomic E-state index is 0.0348. The fourth-order valence-corrected chi connectivity index (χ4v) is 3.17. The van der Waals surface area contributed by atoms with E-state index in [1.165, 1.54) is 0 Å². The third kappa shape index (κ3) is 3.79. The number of hydrogen-bond acceptors (Lipinski definition) is 2. The van der Waals surface area contributed by atoms with Crippen LogP contribution in [-0.4, -0.2) is 21.3 Å². The Balaban J connectivity index is 1.96. The van der Waals surface area contributed by atoms with E-state index < -0.39 is 0 Å². The normalized spacial score (nSPS) is 13.7. The van der Waals surface area contributed by atoms with Crippen molar-refractivity contribution >= 4 is 11.6 Å². The predicted octanol–water partition coefficient (Wildman–Crippen LogP) is 4.33. The van der Waals surface area contributed by atoms with Crippen molar-refractivity contribution in [2.24, 2.45) is 5.92 Å². The molecule has 3 rings (SSSR count). The molecule has 1 aromatic carbocycles.